The van der Waals surface area contributed by atoms with E-state index in [1.807, 2.05) is 0 Å². The molecule has 2 heteroatoms. The molecule has 120 valence electrons. The molecular weight excluding hydrogens is 258 g/mol. The third-order valence-corrected chi connectivity index (χ3v) is 3.61. The van der Waals surface area contributed by atoms with Crippen molar-refractivity contribution in [1.29, 1.82) is 0 Å². The summed E-state index contributed by atoms with van der Waals surface area (Å²) in [7, 11) is 0. The van der Waals surface area contributed by atoms with E-state index in [0.717, 1.165) is 25.3 Å². The van der Waals surface area contributed by atoms with Crippen LogP contribution in [0.3, 0.4) is 0 Å². The average molecular weight is 291 g/mol. The fraction of sp³-hybridized carbons (Fsp3) is 0.684. The van der Waals surface area contributed by atoms with Crippen LogP contribution >= 0.6 is 0 Å². The molecule has 0 saturated heterocycles. The van der Waals surface area contributed by atoms with E-state index in [4.69, 9.17) is 4.74 Å². The summed E-state index contributed by atoms with van der Waals surface area (Å²) in [6.07, 6.45) is 3.55. The number of nitrogens with one attached hydrogen (secondary N) is 1. The lowest BCUT2D eigenvalue weighted by Crippen LogP contribution is -2.36. The van der Waals surface area contributed by atoms with Gasteiger partial charge in [0.05, 0.1) is 6.61 Å². The van der Waals surface area contributed by atoms with Crippen LogP contribution in [0.2, 0.25) is 0 Å². The van der Waals surface area contributed by atoms with Gasteiger partial charge in [-0.3, -0.25) is 0 Å². The maximum absolute atomic E-state index is 5.95. The molecule has 1 aromatic carbocycles. The maximum atomic E-state index is 5.95. The third-order valence-electron chi connectivity index (χ3n) is 3.61. The van der Waals surface area contributed by atoms with Gasteiger partial charge in [-0.1, -0.05) is 26.0 Å². The summed E-state index contributed by atoms with van der Waals surface area (Å²) < 4.78 is 5.95. The minimum atomic E-state index is 0.227. The summed E-state index contributed by atoms with van der Waals surface area (Å²) >= 11 is 0. The van der Waals surface area contributed by atoms with Gasteiger partial charge in [0.1, 0.15) is 5.75 Å². The highest BCUT2D eigenvalue weighted by Crippen LogP contribution is 2.24. The summed E-state index contributed by atoms with van der Waals surface area (Å²) in [6, 6.07) is 6.56. The van der Waals surface area contributed by atoms with Crippen molar-refractivity contribution in [3.05, 3.63) is 29.3 Å². The van der Waals surface area contributed by atoms with Crippen LogP contribution in [0.1, 0.15) is 70.9 Å². The molecule has 1 N–H and O–H groups in total. The third kappa shape index (κ3) is 7.52. The summed E-state index contributed by atoms with van der Waals surface area (Å²) in [4.78, 5) is 0. The first-order valence-corrected chi connectivity index (χ1v) is 8.28. The molecule has 0 aliphatic carbocycles. The molecule has 2 nitrogen and oxygen atoms in total. The largest absolute Gasteiger partial charge is 0.493 e. The summed E-state index contributed by atoms with van der Waals surface area (Å²) in [5.74, 6) is 1.60. The normalized spacial score (nSPS) is 12.0. The van der Waals surface area contributed by atoms with E-state index in [1.54, 1.807) is 0 Å². The Kier molecular flexibility index (Phi) is 7.24. The van der Waals surface area contributed by atoms with Crippen molar-refractivity contribution in [1.82, 2.24) is 5.32 Å². The second-order valence-corrected chi connectivity index (χ2v) is 7.27. The van der Waals surface area contributed by atoms with Gasteiger partial charge < -0.3 is 10.1 Å². The van der Waals surface area contributed by atoms with Crippen molar-refractivity contribution in [3.8, 4) is 5.75 Å². The first kappa shape index (κ1) is 18.0. The smallest absolute Gasteiger partial charge is 0.122 e. The highest BCUT2D eigenvalue weighted by molar-refractivity contribution is 5.37. The Bertz CT molecular complexity index is 418. The second-order valence-electron chi connectivity index (χ2n) is 7.27. The molecular formula is C19H33NO. The predicted octanol–water partition coefficient (Wildman–Crippen LogP) is 5.06. The number of aryl methyl sites for hydroxylation is 1. The maximum Gasteiger partial charge on any atom is 0.122 e. The molecule has 0 unspecified atom stereocenters. The van der Waals surface area contributed by atoms with Gasteiger partial charge in [-0.2, -0.15) is 0 Å². The molecule has 0 aromatic heterocycles. The molecule has 0 bridgehead atoms. The van der Waals surface area contributed by atoms with E-state index in [2.05, 4.69) is 65.1 Å². The van der Waals surface area contributed by atoms with Crippen LogP contribution in [-0.4, -0.2) is 18.7 Å². The average Bonchev–Trinajstić information content (AvgIpc) is 2.38. The monoisotopic (exact) mass is 291 g/mol. The summed E-state index contributed by atoms with van der Waals surface area (Å²) in [5, 5.41) is 3.52. The molecule has 0 heterocycles. The Hall–Kier alpha value is -1.02. The van der Waals surface area contributed by atoms with E-state index in [9.17, 15) is 0 Å². The van der Waals surface area contributed by atoms with E-state index in [-0.39, 0.29) is 5.54 Å². The lowest BCUT2D eigenvalue weighted by Gasteiger charge is -2.20. The Morgan fingerprint density at radius 2 is 1.81 bits per heavy atom. The van der Waals surface area contributed by atoms with Crippen molar-refractivity contribution in [3.63, 3.8) is 0 Å². The number of ether oxygens (including phenoxy) is 1. The standard InChI is InChI=1S/C19H33NO/c1-15(2)17-11-10-16(3)18(14-17)21-13-9-7-8-12-20-19(4,5)6/h10-11,14-15,20H,7-9,12-13H2,1-6H3. The molecule has 0 radical (unpaired) electrons. The second kappa shape index (κ2) is 8.43. The van der Waals surface area contributed by atoms with Gasteiger partial charge in [0.2, 0.25) is 0 Å². The first-order chi connectivity index (χ1) is 9.79. The van der Waals surface area contributed by atoms with E-state index >= 15 is 0 Å². The molecule has 0 amide bonds. The molecule has 0 aliphatic rings. The zero-order chi connectivity index (χ0) is 15.9. The van der Waals surface area contributed by atoms with Crippen LogP contribution in [0.25, 0.3) is 0 Å². The Morgan fingerprint density at radius 1 is 1.10 bits per heavy atom. The van der Waals surface area contributed by atoms with Crippen LogP contribution < -0.4 is 10.1 Å². The van der Waals surface area contributed by atoms with Crippen molar-refractivity contribution in [2.75, 3.05) is 13.2 Å². The number of hydrogen-bond acceptors (Lipinski definition) is 2. The number of benzene rings is 1. The van der Waals surface area contributed by atoms with Gasteiger partial charge in [-0.05, 0) is 76.6 Å². The predicted molar refractivity (Wildman–Crippen MR) is 92.4 cm³/mol. The van der Waals surface area contributed by atoms with Gasteiger partial charge in [-0.15, -0.1) is 0 Å². The SMILES string of the molecule is Cc1ccc(C(C)C)cc1OCCCCCNC(C)(C)C. The Balaban J connectivity index is 2.25. The Morgan fingerprint density at radius 3 is 2.43 bits per heavy atom. The highest BCUT2D eigenvalue weighted by Gasteiger charge is 2.07. The number of hydrogen-bond donors (Lipinski definition) is 1. The topological polar surface area (TPSA) is 21.3 Å². The zero-order valence-electron chi connectivity index (χ0n) is 14.8. The minimum Gasteiger partial charge on any atom is -0.493 e. The fourth-order valence-electron chi connectivity index (χ4n) is 2.18. The van der Waals surface area contributed by atoms with Crippen LogP contribution in [0.15, 0.2) is 18.2 Å². The fourth-order valence-corrected chi connectivity index (χ4v) is 2.18. The van der Waals surface area contributed by atoms with Crippen molar-refractivity contribution >= 4 is 0 Å². The molecule has 0 spiro atoms. The van der Waals surface area contributed by atoms with Gasteiger partial charge in [-0.25, -0.2) is 0 Å². The zero-order valence-corrected chi connectivity index (χ0v) is 14.8. The van der Waals surface area contributed by atoms with Crippen molar-refractivity contribution < 1.29 is 4.74 Å². The van der Waals surface area contributed by atoms with E-state index in [0.29, 0.717) is 5.92 Å². The Labute approximate surface area is 131 Å². The molecule has 0 atom stereocenters. The van der Waals surface area contributed by atoms with Gasteiger partial charge >= 0.3 is 0 Å². The molecule has 21 heavy (non-hydrogen) atoms. The molecule has 0 aliphatic heterocycles. The lowest BCUT2D eigenvalue weighted by atomic mass is 10.0. The summed E-state index contributed by atoms with van der Waals surface area (Å²) in [6.45, 7) is 15.1. The highest BCUT2D eigenvalue weighted by atomic mass is 16.5. The lowest BCUT2D eigenvalue weighted by molar-refractivity contribution is 0.301. The first-order valence-electron chi connectivity index (χ1n) is 8.28. The van der Waals surface area contributed by atoms with Crippen LogP contribution in [0.5, 0.6) is 5.75 Å². The molecule has 1 rings (SSSR count). The van der Waals surface area contributed by atoms with E-state index in [1.165, 1.54) is 24.0 Å². The molecule has 0 saturated carbocycles. The van der Waals surface area contributed by atoms with Crippen LogP contribution in [0.4, 0.5) is 0 Å². The quantitative estimate of drug-likeness (QED) is 0.676. The van der Waals surface area contributed by atoms with Crippen molar-refractivity contribution in [2.24, 2.45) is 0 Å². The van der Waals surface area contributed by atoms with Gasteiger partial charge in [0.25, 0.3) is 0 Å². The number of rotatable bonds is 8. The van der Waals surface area contributed by atoms with Crippen molar-refractivity contribution in [2.45, 2.75) is 72.3 Å². The minimum absolute atomic E-state index is 0.227. The summed E-state index contributed by atoms with van der Waals surface area (Å²) in [5.41, 5.74) is 2.81. The molecule has 0 fully saturated rings. The number of unbranched alkanes of at least 4 members (excludes halogenated alkanes) is 2. The van der Waals surface area contributed by atoms with E-state index < -0.39 is 0 Å². The van der Waals surface area contributed by atoms with Gasteiger partial charge in [0, 0.05) is 5.54 Å². The van der Waals surface area contributed by atoms with Gasteiger partial charge in [0.15, 0.2) is 0 Å². The van der Waals surface area contributed by atoms with Crippen LogP contribution in [-0.2, 0) is 0 Å². The molecule has 1 aromatic rings. The van der Waals surface area contributed by atoms with Crippen LogP contribution in [0, 0.1) is 6.92 Å².